The molecule has 5 heteroatoms. The molecule has 1 unspecified atom stereocenters. The van der Waals surface area contributed by atoms with Crippen LogP contribution in [-0.2, 0) is 4.79 Å². The number of benzene rings is 1. The molecular weight excluding hydrogens is 254 g/mol. The van der Waals surface area contributed by atoms with Crippen LogP contribution in [0.1, 0.15) is 24.4 Å². The zero-order valence-electron chi connectivity index (χ0n) is 10.9. The largest absolute Gasteiger partial charge is 0.389 e. The number of amides is 1. The van der Waals surface area contributed by atoms with E-state index in [4.69, 9.17) is 5.73 Å². The molecule has 2 heterocycles. The van der Waals surface area contributed by atoms with E-state index in [9.17, 15) is 9.90 Å². The van der Waals surface area contributed by atoms with Crippen LogP contribution < -0.4 is 5.73 Å². The van der Waals surface area contributed by atoms with Crippen molar-refractivity contribution in [1.29, 1.82) is 0 Å². The lowest BCUT2D eigenvalue weighted by atomic mass is 9.88. The molecule has 0 radical (unpaired) electrons. The number of hydrogen-bond donors (Lipinski definition) is 2. The molecule has 20 heavy (non-hydrogen) atoms. The van der Waals surface area contributed by atoms with Gasteiger partial charge in [0.1, 0.15) is 0 Å². The predicted octanol–water partition coefficient (Wildman–Crippen LogP) is 1.08. The molecule has 102 valence electrons. The summed E-state index contributed by atoms with van der Waals surface area (Å²) in [4.78, 5) is 15.8. The van der Waals surface area contributed by atoms with Crippen LogP contribution in [0.15, 0.2) is 36.8 Å². The highest BCUT2D eigenvalue weighted by Crippen LogP contribution is 2.54. The standard InChI is InChI=1S/C15H15N3O2/c16-14(20)15(5-6-15)13(19)12-10-4-2-1-3-9(10)11-7-17-8-18(11)12/h1-4,7-8,12-13,19H,5-6H2,(H2,16,20)/t12?,13-/m1/s1. The van der Waals surface area contributed by atoms with E-state index in [-0.39, 0.29) is 6.04 Å². The Morgan fingerprint density at radius 1 is 1.45 bits per heavy atom. The molecule has 1 fully saturated rings. The topological polar surface area (TPSA) is 81.1 Å². The SMILES string of the molecule is NC(=O)C1([C@H](O)C2c3ccccc3-c3cncn32)CC1. The zero-order valence-corrected chi connectivity index (χ0v) is 10.9. The number of carbonyl (C=O) groups is 1. The second kappa shape index (κ2) is 3.70. The Bertz CT molecular complexity index is 703. The molecule has 0 spiro atoms. The third-order valence-electron chi connectivity index (χ3n) is 4.67. The number of nitrogens with two attached hydrogens (primary N) is 1. The van der Waals surface area contributed by atoms with Crippen LogP contribution in [0.2, 0.25) is 0 Å². The fraction of sp³-hybridized carbons (Fsp3) is 0.333. The van der Waals surface area contributed by atoms with Gasteiger partial charge in [-0.2, -0.15) is 0 Å². The summed E-state index contributed by atoms with van der Waals surface area (Å²) in [6.07, 6.45) is 4.00. The van der Waals surface area contributed by atoms with Crippen LogP contribution in [0, 0.1) is 5.41 Å². The van der Waals surface area contributed by atoms with Crippen molar-refractivity contribution in [2.45, 2.75) is 25.0 Å². The molecule has 2 aliphatic rings. The summed E-state index contributed by atoms with van der Waals surface area (Å²) in [7, 11) is 0. The smallest absolute Gasteiger partial charge is 0.226 e. The van der Waals surface area contributed by atoms with E-state index in [1.54, 1.807) is 12.5 Å². The minimum atomic E-state index is -0.809. The van der Waals surface area contributed by atoms with Gasteiger partial charge in [-0.25, -0.2) is 4.98 Å². The van der Waals surface area contributed by atoms with E-state index in [0.29, 0.717) is 12.8 Å². The number of nitrogens with zero attached hydrogens (tertiary/aromatic N) is 2. The van der Waals surface area contributed by atoms with E-state index in [1.807, 2.05) is 28.8 Å². The number of imidazole rings is 1. The molecule has 3 N–H and O–H groups in total. The third kappa shape index (κ3) is 1.30. The molecule has 2 atom stereocenters. The van der Waals surface area contributed by atoms with Gasteiger partial charge in [-0.1, -0.05) is 24.3 Å². The Balaban J connectivity index is 1.85. The molecule has 5 nitrogen and oxygen atoms in total. The Kier molecular flexibility index (Phi) is 2.16. The normalized spacial score (nSPS) is 22.9. The number of aliphatic hydroxyl groups is 1. The van der Waals surface area contributed by atoms with Crippen molar-refractivity contribution in [3.63, 3.8) is 0 Å². The van der Waals surface area contributed by atoms with Crippen molar-refractivity contribution in [1.82, 2.24) is 9.55 Å². The van der Waals surface area contributed by atoms with E-state index < -0.39 is 17.4 Å². The minimum absolute atomic E-state index is 0.279. The number of hydrogen-bond acceptors (Lipinski definition) is 3. The van der Waals surface area contributed by atoms with Crippen LogP contribution in [0.4, 0.5) is 0 Å². The predicted molar refractivity (Wildman–Crippen MR) is 72.7 cm³/mol. The molecule has 1 aromatic heterocycles. The molecule has 4 rings (SSSR count). The van der Waals surface area contributed by atoms with Crippen LogP contribution in [0.3, 0.4) is 0 Å². The maximum Gasteiger partial charge on any atom is 0.226 e. The Labute approximate surface area is 116 Å². The Hall–Kier alpha value is -2.14. The Morgan fingerprint density at radius 2 is 2.20 bits per heavy atom. The fourth-order valence-electron chi connectivity index (χ4n) is 3.32. The summed E-state index contributed by atoms with van der Waals surface area (Å²) < 4.78 is 1.94. The number of aromatic nitrogens is 2. The first-order valence-electron chi connectivity index (χ1n) is 6.74. The highest BCUT2D eigenvalue weighted by atomic mass is 16.3. The second-order valence-electron chi connectivity index (χ2n) is 5.68. The second-order valence-corrected chi connectivity index (χ2v) is 5.68. The van der Waals surface area contributed by atoms with Crippen LogP contribution in [0.5, 0.6) is 0 Å². The van der Waals surface area contributed by atoms with Gasteiger partial charge in [0.2, 0.25) is 5.91 Å². The quantitative estimate of drug-likeness (QED) is 0.874. The van der Waals surface area contributed by atoms with Crippen molar-refractivity contribution in [2.24, 2.45) is 11.1 Å². The Morgan fingerprint density at radius 3 is 2.90 bits per heavy atom. The first-order valence-corrected chi connectivity index (χ1v) is 6.74. The number of carbonyl (C=O) groups excluding carboxylic acids is 1. The summed E-state index contributed by atoms with van der Waals surface area (Å²) in [5, 5.41) is 10.8. The lowest BCUT2D eigenvalue weighted by Crippen LogP contribution is -2.40. The average Bonchev–Trinajstić information content (AvgIpc) is 3.03. The monoisotopic (exact) mass is 269 g/mol. The van der Waals surface area contributed by atoms with Crippen molar-refractivity contribution in [3.8, 4) is 11.3 Å². The van der Waals surface area contributed by atoms with Gasteiger partial charge in [-0.15, -0.1) is 0 Å². The highest BCUT2D eigenvalue weighted by Gasteiger charge is 2.58. The van der Waals surface area contributed by atoms with Gasteiger partial charge in [0.25, 0.3) is 0 Å². The molecule has 0 bridgehead atoms. The van der Waals surface area contributed by atoms with Gasteiger partial charge < -0.3 is 15.4 Å². The fourth-order valence-corrected chi connectivity index (χ4v) is 3.32. The lowest BCUT2D eigenvalue weighted by Gasteiger charge is -2.27. The van der Waals surface area contributed by atoms with Crippen molar-refractivity contribution in [3.05, 3.63) is 42.4 Å². The molecule has 1 aromatic carbocycles. The van der Waals surface area contributed by atoms with Crippen LogP contribution >= 0.6 is 0 Å². The molecule has 2 aromatic rings. The van der Waals surface area contributed by atoms with E-state index >= 15 is 0 Å². The minimum Gasteiger partial charge on any atom is -0.389 e. The summed E-state index contributed by atoms with van der Waals surface area (Å²) in [6.45, 7) is 0. The number of aliphatic hydroxyl groups excluding tert-OH is 1. The van der Waals surface area contributed by atoms with E-state index in [0.717, 1.165) is 16.8 Å². The first kappa shape index (κ1) is 11.7. The first-order chi connectivity index (χ1) is 9.65. The van der Waals surface area contributed by atoms with E-state index in [1.165, 1.54) is 0 Å². The van der Waals surface area contributed by atoms with Gasteiger partial charge in [0, 0.05) is 5.56 Å². The lowest BCUT2D eigenvalue weighted by molar-refractivity contribution is -0.128. The van der Waals surface area contributed by atoms with Gasteiger partial charge in [-0.05, 0) is 18.4 Å². The van der Waals surface area contributed by atoms with Gasteiger partial charge >= 0.3 is 0 Å². The maximum absolute atomic E-state index is 11.7. The number of rotatable bonds is 3. The van der Waals surface area contributed by atoms with Crippen molar-refractivity contribution < 1.29 is 9.90 Å². The maximum atomic E-state index is 11.7. The van der Waals surface area contributed by atoms with Crippen LogP contribution in [-0.4, -0.2) is 26.7 Å². The van der Waals surface area contributed by atoms with Gasteiger partial charge in [0.05, 0.1) is 35.8 Å². The zero-order chi connectivity index (χ0) is 13.9. The average molecular weight is 269 g/mol. The van der Waals surface area contributed by atoms with E-state index in [2.05, 4.69) is 4.98 Å². The van der Waals surface area contributed by atoms with Gasteiger partial charge in [-0.3, -0.25) is 4.79 Å². The molecule has 1 aliphatic carbocycles. The summed E-state index contributed by atoms with van der Waals surface area (Å²) in [5.41, 5.74) is 7.79. The molecule has 1 aliphatic heterocycles. The summed E-state index contributed by atoms with van der Waals surface area (Å²) in [6, 6.07) is 7.64. The van der Waals surface area contributed by atoms with Crippen molar-refractivity contribution in [2.75, 3.05) is 0 Å². The third-order valence-corrected chi connectivity index (χ3v) is 4.67. The number of primary amides is 1. The molecule has 0 saturated heterocycles. The summed E-state index contributed by atoms with van der Waals surface area (Å²) >= 11 is 0. The molecule has 1 amide bonds. The molecule has 1 saturated carbocycles. The highest BCUT2D eigenvalue weighted by molar-refractivity contribution is 5.85. The van der Waals surface area contributed by atoms with Crippen molar-refractivity contribution >= 4 is 5.91 Å². The van der Waals surface area contributed by atoms with Gasteiger partial charge in [0.15, 0.2) is 0 Å². The number of fused-ring (bicyclic) bond motifs is 3. The van der Waals surface area contributed by atoms with Crippen LogP contribution in [0.25, 0.3) is 11.3 Å². The molecular formula is C15H15N3O2. The summed E-state index contributed by atoms with van der Waals surface area (Å²) in [5.74, 6) is -0.406.